The number of hydrogen-bond acceptors (Lipinski definition) is 3. The zero-order chi connectivity index (χ0) is 17.9. The first-order valence-electron chi connectivity index (χ1n) is 7.42. The van der Waals surface area contributed by atoms with E-state index in [2.05, 4.69) is 14.8 Å². The number of hydrogen-bond donors (Lipinski definition) is 0. The van der Waals surface area contributed by atoms with Gasteiger partial charge in [0.1, 0.15) is 12.1 Å². The Morgan fingerprint density at radius 2 is 1.64 bits per heavy atom. The second-order valence-corrected chi connectivity index (χ2v) is 5.33. The summed E-state index contributed by atoms with van der Waals surface area (Å²) in [6.07, 6.45) is 0.443. The standard InChI is InChI=1S/C18H14F3N3O/c1-13-2-4-14(5-3-13)6-11-17-22-12-24(23-17)15-7-9-16(10-8-15)25-18(19,20)21/h2-12H,1H3/b11-6+. The van der Waals surface area contributed by atoms with Crippen molar-refractivity contribution in [2.24, 2.45) is 0 Å². The van der Waals surface area contributed by atoms with Crippen molar-refractivity contribution in [2.75, 3.05) is 0 Å². The fourth-order valence-electron chi connectivity index (χ4n) is 2.13. The summed E-state index contributed by atoms with van der Waals surface area (Å²) in [4.78, 5) is 4.16. The van der Waals surface area contributed by atoms with E-state index in [1.54, 1.807) is 6.08 Å². The van der Waals surface area contributed by atoms with E-state index in [9.17, 15) is 13.2 Å². The Kier molecular flexibility index (Phi) is 4.56. The third kappa shape index (κ3) is 4.69. The smallest absolute Gasteiger partial charge is 0.406 e. The highest BCUT2D eigenvalue weighted by molar-refractivity contribution is 5.66. The van der Waals surface area contributed by atoms with E-state index in [4.69, 9.17) is 0 Å². The van der Waals surface area contributed by atoms with Crippen LogP contribution in [0.25, 0.3) is 17.8 Å². The summed E-state index contributed by atoms with van der Waals surface area (Å²) in [5.41, 5.74) is 2.78. The van der Waals surface area contributed by atoms with Gasteiger partial charge in [-0.2, -0.15) is 0 Å². The minimum Gasteiger partial charge on any atom is -0.406 e. The van der Waals surface area contributed by atoms with Crippen molar-refractivity contribution in [3.05, 3.63) is 71.8 Å². The van der Waals surface area contributed by atoms with Crippen LogP contribution in [0, 0.1) is 6.92 Å². The number of rotatable bonds is 4. The highest BCUT2D eigenvalue weighted by Gasteiger charge is 2.30. The van der Waals surface area contributed by atoms with E-state index in [0.29, 0.717) is 11.5 Å². The normalized spacial score (nSPS) is 11.8. The molecule has 0 fully saturated rings. The molecule has 0 aliphatic rings. The largest absolute Gasteiger partial charge is 0.573 e. The summed E-state index contributed by atoms with van der Waals surface area (Å²) in [7, 11) is 0. The van der Waals surface area contributed by atoms with Crippen LogP contribution < -0.4 is 4.74 Å². The summed E-state index contributed by atoms with van der Waals surface area (Å²) >= 11 is 0. The van der Waals surface area contributed by atoms with Gasteiger partial charge in [-0.1, -0.05) is 35.9 Å². The number of halogens is 3. The minimum atomic E-state index is -4.71. The third-order valence-corrected chi connectivity index (χ3v) is 3.35. The van der Waals surface area contributed by atoms with Crippen LogP contribution in [0.15, 0.2) is 54.9 Å². The molecule has 2 aromatic carbocycles. The maximum Gasteiger partial charge on any atom is 0.573 e. The number of nitrogens with zero attached hydrogens (tertiary/aromatic N) is 3. The monoisotopic (exact) mass is 345 g/mol. The summed E-state index contributed by atoms with van der Waals surface area (Å²) in [6, 6.07) is 13.4. The molecule has 3 rings (SSSR count). The molecule has 7 heteroatoms. The van der Waals surface area contributed by atoms with Gasteiger partial charge in [0.25, 0.3) is 0 Å². The summed E-state index contributed by atoms with van der Waals surface area (Å²) in [5.74, 6) is 0.215. The predicted molar refractivity (Wildman–Crippen MR) is 88.1 cm³/mol. The Hall–Kier alpha value is -3.09. The van der Waals surface area contributed by atoms with Crippen molar-refractivity contribution in [1.29, 1.82) is 0 Å². The highest BCUT2D eigenvalue weighted by atomic mass is 19.4. The fourth-order valence-corrected chi connectivity index (χ4v) is 2.13. The average Bonchev–Trinajstić information content (AvgIpc) is 3.02. The van der Waals surface area contributed by atoms with Crippen molar-refractivity contribution >= 4 is 12.2 Å². The lowest BCUT2D eigenvalue weighted by Gasteiger charge is -2.08. The molecule has 3 aromatic rings. The van der Waals surface area contributed by atoms with Gasteiger partial charge in [-0.05, 0) is 42.8 Å². The van der Waals surface area contributed by atoms with Crippen LogP contribution in [-0.4, -0.2) is 21.1 Å². The molecule has 0 saturated carbocycles. The quantitative estimate of drug-likeness (QED) is 0.691. The Morgan fingerprint density at radius 1 is 0.960 bits per heavy atom. The minimum absolute atomic E-state index is 0.282. The Morgan fingerprint density at radius 3 is 2.28 bits per heavy atom. The van der Waals surface area contributed by atoms with Crippen LogP contribution in [-0.2, 0) is 0 Å². The van der Waals surface area contributed by atoms with Gasteiger partial charge in [-0.25, -0.2) is 9.67 Å². The molecule has 0 spiro atoms. The molecule has 0 atom stereocenters. The fraction of sp³-hybridized carbons (Fsp3) is 0.111. The number of alkyl halides is 3. The Bertz CT molecular complexity index is 866. The molecular weight excluding hydrogens is 331 g/mol. The van der Waals surface area contributed by atoms with Gasteiger partial charge in [0.05, 0.1) is 5.69 Å². The van der Waals surface area contributed by atoms with Gasteiger partial charge in [0, 0.05) is 0 Å². The number of ether oxygens (including phenoxy) is 1. The summed E-state index contributed by atoms with van der Waals surface area (Å²) < 4.78 is 41.8. The van der Waals surface area contributed by atoms with Crippen molar-refractivity contribution in [1.82, 2.24) is 14.8 Å². The van der Waals surface area contributed by atoms with E-state index in [-0.39, 0.29) is 5.75 Å². The van der Waals surface area contributed by atoms with Crippen LogP contribution in [0.1, 0.15) is 17.0 Å². The first-order chi connectivity index (χ1) is 11.9. The SMILES string of the molecule is Cc1ccc(/C=C/c2ncn(-c3ccc(OC(F)(F)F)cc3)n2)cc1. The van der Waals surface area contributed by atoms with Gasteiger partial charge in [-0.15, -0.1) is 18.3 Å². The topological polar surface area (TPSA) is 39.9 Å². The molecule has 0 amide bonds. The first kappa shape index (κ1) is 16.8. The lowest BCUT2D eigenvalue weighted by molar-refractivity contribution is -0.274. The molecule has 4 nitrogen and oxygen atoms in total. The molecule has 1 heterocycles. The van der Waals surface area contributed by atoms with Crippen molar-refractivity contribution in [3.63, 3.8) is 0 Å². The molecule has 0 bridgehead atoms. The van der Waals surface area contributed by atoms with Crippen molar-refractivity contribution in [3.8, 4) is 11.4 Å². The van der Waals surface area contributed by atoms with Crippen molar-refractivity contribution < 1.29 is 17.9 Å². The molecule has 0 aliphatic heterocycles. The molecule has 0 N–H and O–H groups in total. The van der Waals surface area contributed by atoms with Crippen molar-refractivity contribution in [2.45, 2.75) is 13.3 Å². The highest BCUT2D eigenvalue weighted by Crippen LogP contribution is 2.23. The van der Waals surface area contributed by atoms with Crippen LogP contribution in [0.2, 0.25) is 0 Å². The zero-order valence-electron chi connectivity index (χ0n) is 13.2. The lowest BCUT2D eigenvalue weighted by Crippen LogP contribution is -2.17. The average molecular weight is 345 g/mol. The molecular formula is C18H14F3N3O. The summed E-state index contributed by atoms with van der Waals surface area (Å²) in [6.45, 7) is 2.02. The van der Waals surface area contributed by atoms with E-state index in [0.717, 1.165) is 5.56 Å². The molecule has 1 aromatic heterocycles. The third-order valence-electron chi connectivity index (χ3n) is 3.35. The Labute approximate surface area is 142 Å². The second-order valence-electron chi connectivity index (χ2n) is 5.33. The van der Waals surface area contributed by atoms with E-state index in [1.807, 2.05) is 37.3 Å². The number of benzene rings is 2. The molecule has 128 valence electrons. The Balaban J connectivity index is 1.71. The van der Waals surface area contributed by atoms with Gasteiger partial charge >= 0.3 is 6.36 Å². The van der Waals surface area contributed by atoms with Crippen LogP contribution >= 0.6 is 0 Å². The second kappa shape index (κ2) is 6.80. The van der Waals surface area contributed by atoms with Crippen LogP contribution in [0.3, 0.4) is 0 Å². The lowest BCUT2D eigenvalue weighted by atomic mass is 10.1. The molecule has 0 unspecified atom stereocenters. The van der Waals surface area contributed by atoms with Gasteiger partial charge in [0.2, 0.25) is 0 Å². The van der Waals surface area contributed by atoms with E-state index < -0.39 is 6.36 Å². The zero-order valence-corrected chi connectivity index (χ0v) is 13.2. The van der Waals surface area contributed by atoms with Crippen LogP contribution in [0.4, 0.5) is 13.2 Å². The van der Waals surface area contributed by atoms with Crippen LogP contribution in [0.5, 0.6) is 5.75 Å². The van der Waals surface area contributed by atoms with E-state index in [1.165, 1.54) is 40.8 Å². The first-order valence-corrected chi connectivity index (χ1v) is 7.42. The summed E-state index contributed by atoms with van der Waals surface area (Å²) in [5, 5.41) is 4.27. The van der Waals surface area contributed by atoms with Gasteiger partial charge in [0.15, 0.2) is 5.82 Å². The van der Waals surface area contributed by atoms with Gasteiger partial charge < -0.3 is 4.74 Å². The molecule has 25 heavy (non-hydrogen) atoms. The number of aromatic nitrogens is 3. The molecule has 0 aliphatic carbocycles. The van der Waals surface area contributed by atoms with Gasteiger partial charge in [-0.3, -0.25) is 0 Å². The number of aryl methyl sites for hydroxylation is 1. The molecule has 0 saturated heterocycles. The predicted octanol–water partition coefficient (Wildman–Crippen LogP) is 4.64. The van der Waals surface area contributed by atoms with E-state index >= 15 is 0 Å². The maximum absolute atomic E-state index is 12.2. The maximum atomic E-state index is 12.2. The molecule has 0 radical (unpaired) electrons.